The Labute approximate surface area is 120 Å². The first-order chi connectivity index (χ1) is 9.72. The Morgan fingerprint density at radius 2 is 2.25 bits per heavy atom. The summed E-state index contributed by atoms with van der Waals surface area (Å²) in [7, 11) is 1.67. The second-order valence-electron chi connectivity index (χ2n) is 5.77. The van der Waals surface area contributed by atoms with E-state index in [-0.39, 0.29) is 11.8 Å². The monoisotopic (exact) mass is 274 g/mol. The number of nitrogens with zero attached hydrogens (tertiary/aromatic N) is 1. The predicted octanol–water partition coefficient (Wildman–Crippen LogP) is 1.83. The van der Waals surface area contributed by atoms with Crippen molar-refractivity contribution in [3.05, 3.63) is 23.8 Å². The van der Waals surface area contributed by atoms with Crippen molar-refractivity contribution >= 4 is 11.6 Å². The molecule has 1 atom stereocenters. The van der Waals surface area contributed by atoms with Gasteiger partial charge in [-0.15, -0.1) is 0 Å². The van der Waals surface area contributed by atoms with Crippen LogP contribution in [0.1, 0.15) is 18.9 Å². The third kappa shape index (κ3) is 2.18. The summed E-state index contributed by atoms with van der Waals surface area (Å²) >= 11 is 0. The van der Waals surface area contributed by atoms with Gasteiger partial charge in [-0.1, -0.05) is 19.1 Å². The second kappa shape index (κ2) is 5.44. The zero-order valence-corrected chi connectivity index (χ0v) is 12.2. The lowest BCUT2D eigenvalue weighted by Gasteiger charge is -2.37. The van der Waals surface area contributed by atoms with Gasteiger partial charge in [0.2, 0.25) is 5.91 Å². The van der Waals surface area contributed by atoms with Gasteiger partial charge in [0, 0.05) is 12.5 Å². The summed E-state index contributed by atoms with van der Waals surface area (Å²) in [6, 6.07) is 6.05. The van der Waals surface area contributed by atoms with Crippen LogP contribution >= 0.6 is 0 Å². The number of fused-ring (bicyclic) bond motifs is 1. The number of ether oxygens (including phenoxy) is 1. The number of rotatable bonds is 3. The molecule has 1 N–H and O–H groups in total. The van der Waals surface area contributed by atoms with E-state index in [1.807, 2.05) is 17.0 Å². The summed E-state index contributed by atoms with van der Waals surface area (Å²) in [5.74, 6) is 1.60. The van der Waals surface area contributed by atoms with E-state index in [2.05, 4.69) is 18.3 Å². The quantitative estimate of drug-likeness (QED) is 0.914. The number of methoxy groups -OCH3 is 1. The van der Waals surface area contributed by atoms with Crippen LogP contribution in [-0.4, -0.2) is 32.7 Å². The molecule has 1 fully saturated rings. The Morgan fingerprint density at radius 3 is 2.90 bits per heavy atom. The van der Waals surface area contributed by atoms with Gasteiger partial charge in [0.1, 0.15) is 5.75 Å². The zero-order valence-electron chi connectivity index (χ0n) is 12.2. The Hall–Kier alpha value is -1.55. The molecule has 0 radical (unpaired) electrons. The van der Waals surface area contributed by atoms with E-state index >= 15 is 0 Å². The van der Waals surface area contributed by atoms with Gasteiger partial charge < -0.3 is 15.0 Å². The molecule has 4 heteroatoms. The number of nitrogens with one attached hydrogen (secondary N) is 1. The SMILES string of the molecule is COc1cccc2c1N(C(=O)C(C)C1CNC1)CCC2. The number of hydrogen-bond acceptors (Lipinski definition) is 3. The smallest absolute Gasteiger partial charge is 0.230 e. The van der Waals surface area contributed by atoms with Crippen LogP contribution in [0.5, 0.6) is 5.75 Å². The molecule has 2 aliphatic rings. The summed E-state index contributed by atoms with van der Waals surface area (Å²) in [6.45, 7) is 4.77. The minimum Gasteiger partial charge on any atom is -0.495 e. The van der Waals surface area contributed by atoms with E-state index in [1.54, 1.807) is 7.11 Å². The van der Waals surface area contributed by atoms with Crippen molar-refractivity contribution in [1.29, 1.82) is 0 Å². The van der Waals surface area contributed by atoms with Crippen molar-refractivity contribution in [2.75, 3.05) is 31.6 Å². The van der Waals surface area contributed by atoms with Crippen molar-refractivity contribution in [3.63, 3.8) is 0 Å². The fourth-order valence-corrected chi connectivity index (χ4v) is 3.11. The van der Waals surface area contributed by atoms with Gasteiger partial charge in [-0.25, -0.2) is 0 Å². The number of benzene rings is 1. The number of carbonyl (C=O) groups is 1. The molecule has 1 aromatic carbocycles. The third-order valence-corrected chi connectivity index (χ3v) is 4.58. The Bertz CT molecular complexity index is 497. The predicted molar refractivity (Wildman–Crippen MR) is 79.2 cm³/mol. The summed E-state index contributed by atoms with van der Waals surface area (Å²) < 4.78 is 5.47. The van der Waals surface area contributed by atoms with Gasteiger partial charge in [-0.2, -0.15) is 0 Å². The Balaban J connectivity index is 1.90. The normalized spacial score (nSPS) is 20.0. The number of amides is 1. The molecule has 0 aliphatic carbocycles. The van der Waals surface area contributed by atoms with Crippen molar-refractivity contribution in [2.45, 2.75) is 19.8 Å². The average molecular weight is 274 g/mol. The van der Waals surface area contributed by atoms with Gasteiger partial charge in [0.25, 0.3) is 0 Å². The van der Waals surface area contributed by atoms with Crippen LogP contribution < -0.4 is 15.0 Å². The molecule has 20 heavy (non-hydrogen) atoms. The molecule has 0 saturated carbocycles. The van der Waals surface area contributed by atoms with E-state index in [0.717, 1.165) is 43.9 Å². The lowest BCUT2D eigenvalue weighted by molar-refractivity contribution is -0.124. The van der Waals surface area contributed by atoms with Crippen molar-refractivity contribution in [2.24, 2.45) is 11.8 Å². The fourth-order valence-electron chi connectivity index (χ4n) is 3.11. The third-order valence-electron chi connectivity index (χ3n) is 4.58. The lowest BCUT2D eigenvalue weighted by atomic mass is 9.87. The van der Waals surface area contributed by atoms with E-state index < -0.39 is 0 Å². The first-order valence-corrected chi connectivity index (χ1v) is 7.40. The van der Waals surface area contributed by atoms with Crippen molar-refractivity contribution in [1.82, 2.24) is 5.32 Å². The molecule has 1 amide bonds. The maximum absolute atomic E-state index is 12.8. The molecule has 1 saturated heterocycles. The van der Waals surface area contributed by atoms with E-state index in [9.17, 15) is 4.79 Å². The number of aryl methyl sites for hydroxylation is 1. The van der Waals surface area contributed by atoms with Gasteiger partial charge in [0.15, 0.2) is 0 Å². The molecule has 2 heterocycles. The van der Waals surface area contributed by atoms with Crippen LogP contribution in [0.25, 0.3) is 0 Å². The van der Waals surface area contributed by atoms with Crippen LogP contribution in [0.4, 0.5) is 5.69 Å². The van der Waals surface area contributed by atoms with Crippen LogP contribution in [0, 0.1) is 11.8 Å². The van der Waals surface area contributed by atoms with Gasteiger partial charge in [0.05, 0.1) is 12.8 Å². The summed E-state index contributed by atoms with van der Waals surface area (Å²) in [5, 5.41) is 3.25. The number of anilines is 1. The molecule has 108 valence electrons. The zero-order chi connectivity index (χ0) is 14.1. The first-order valence-electron chi connectivity index (χ1n) is 7.40. The minimum atomic E-state index is 0.0760. The molecule has 4 nitrogen and oxygen atoms in total. The maximum atomic E-state index is 12.8. The Kier molecular flexibility index (Phi) is 3.66. The molecule has 3 rings (SSSR count). The van der Waals surface area contributed by atoms with Crippen LogP contribution in [0.2, 0.25) is 0 Å². The topological polar surface area (TPSA) is 41.6 Å². The first kappa shape index (κ1) is 13.4. The molecular formula is C16H22N2O2. The second-order valence-corrected chi connectivity index (χ2v) is 5.77. The molecule has 0 spiro atoms. The van der Waals surface area contributed by atoms with Gasteiger partial charge in [-0.05, 0) is 43.5 Å². The summed E-state index contributed by atoms with van der Waals surface area (Å²) in [6.07, 6.45) is 2.05. The summed E-state index contributed by atoms with van der Waals surface area (Å²) in [4.78, 5) is 14.8. The van der Waals surface area contributed by atoms with Gasteiger partial charge >= 0.3 is 0 Å². The number of carbonyl (C=O) groups excluding carboxylic acids is 1. The average Bonchev–Trinajstić information content (AvgIpc) is 2.43. The highest BCUT2D eigenvalue weighted by molar-refractivity contribution is 5.97. The summed E-state index contributed by atoms with van der Waals surface area (Å²) in [5.41, 5.74) is 2.22. The highest BCUT2D eigenvalue weighted by atomic mass is 16.5. The standard InChI is InChI=1S/C16H22N2O2/c1-11(13-9-17-10-13)16(19)18-8-4-6-12-5-3-7-14(20-2)15(12)18/h3,5,7,11,13,17H,4,6,8-10H2,1-2H3. The molecule has 0 aromatic heterocycles. The van der Waals surface area contributed by atoms with Crippen LogP contribution in [0.15, 0.2) is 18.2 Å². The molecular weight excluding hydrogens is 252 g/mol. The van der Waals surface area contributed by atoms with Crippen LogP contribution in [-0.2, 0) is 11.2 Å². The van der Waals surface area contributed by atoms with E-state index in [1.165, 1.54) is 5.56 Å². The van der Waals surface area contributed by atoms with Gasteiger partial charge in [-0.3, -0.25) is 4.79 Å². The highest BCUT2D eigenvalue weighted by Crippen LogP contribution is 2.37. The van der Waals surface area contributed by atoms with E-state index in [0.29, 0.717) is 5.92 Å². The maximum Gasteiger partial charge on any atom is 0.230 e. The molecule has 2 aliphatic heterocycles. The fraction of sp³-hybridized carbons (Fsp3) is 0.562. The lowest BCUT2D eigenvalue weighted by Crippen LogP contribution is -2.51. The number of para-hydroxylation sites is 1. The molecule has 1 unspecified atom stereocenters. The Morgan fingerprint density at radius 1 is 1.45 bits per heavy atom. The minimum absolute atomic E-state index is 0.0760. The number of hydrogen-bond donors (Lipinski definition) is 1. The largest absolute Gasteiger partial charge is 0.495 e. The van der Waals surface area contributed by atoms with Crippen molar-refractivity contribution < 1.29 is 9.53 Å². The molecule has 0 bridgehead atoms. The van der Waals surface area contributed by atoms with Crippen LogP contribution in [0.3, 0.4) is 0 Å². The van der Waals surface area contributed by atoms with Crippen molar-refractivity contribution in [3.8, 4) is 5.75 Å². The molecule has 1 aromatic rings. The highest BCUT2D eigenvalue weighted by Gasteiger charge is 2.34. The van der Waals surface area contributed by atoms with E-state index in [4.69, 9.17) is 4.74 Å².